The van der Waals surface area contributed by atoms with Gasteiger partial charge in [-0.15, -0.1) is 0 Å². The number of hydrogen-bond donors (Lipinski definition) is 1. The van der Waals surface area contributed by atoms with Crippen LogP contribution in [0.15, 0.2) is 55.0 Å². The normalized spacial score (nSPS) is 13.3. The average Bonchev–Trinajstić information content (AvgIpc) is 3.13. The van der Waals surface area contributed by atoms with Crippen molar-refractivity contribution < 1.29 is 13.9 Å². The number of ether oxygens (including phenoxy) is 1. The maximum atomic E-state index is 13.6. The molecule has 0 saturated carbocycles. The number of aldehydes is 1. The summed E-state index contributed by atoms with van der Waals surface area (Å²) in [6.07, 6.45) is 6.35. The van der Waals surface area contributed by atoms with Crippen molar-refractivity contribution in [2.45, 2.75) is 20.0 Å². The molecule has 5 rings (SSSR count). The molecule has 176 valence electrons. The Morgan fingerprint density at radius 3 is 2.71 bits per heavy atom. The number of carbonyl (C=O) groups is 1. The summed E-state index contributed by atoms with van der Waals surface area (Å²) in [5, 5.41) is 4.34. The number of anilines is 1. The number of carbonyl (C=O) groups excluding carboxylic acids is 1. The topological polar surface area (TPSA) is 72.3 Å². The Kier molecular flexibility index (Phi) is 7.40. The highest BCUT2D eigenvalue weighted by molar-refractivity contribution is 6.32. The summed E-state index contributed by atoms with van der Waals surface area (Å²) in [5.41, 5.74) is 3.88. The van der Waals surface area contributed by atoms with Crippen LogP contribution in [0.3, 0.4) is 0 Å². The SMILES string of the molecule is CC=O.CNc1ncc(CN2CCOc3c(Cl)cc(-n4ccc5cc(F)ccc54)cc3C2)cn1. The Morgan fingerprint density at radius 1 is 1.21 bits per heavy atom. The van der Waals surface area contributed by atoms with Gasteiger partial charge in [0, 0.05) is 67.5 Å². The van der Waals surface area contributed by atoms with E-state index in [9.17, 15) is 4.39 Å². The van der Waals surface area contributed by atoms with Gasteiger partial charge in [0.1, 0.15) is 24.5 Å². The first-order chi connectivity index (χ1) is 16.5. The Morgan fingerprint density at radius 2 is 1.97 bits per heavy atom. The van der Waals surface area contributed by atoms with Crippen LogP contribution >= 0.6 is 11.6 Å². The quantitative estimate of drug-likeness (QED) is 0.420. The van der Waals surface area contributed by atoms with E-state index in [4.69, 9.17) is 21.1 Å². The van der Waals surface area contributed by atoms with Gasteiger partial charge in [0.25, 0.3) is 0 Å². The highest BCUT2D eigenvalue weighted by Crippen LogP contribution is 2.35. The molecule has 1 aliphatic rings. The number of nitrogens with one attached hydrogen (secondary N) is 1. The number of nitrogens with zero attached hydrogens (tertiary/aromatic N) is 4. The molecule has 7 nitrogen and oxygen atoms in total. The summed E-state index contributed by atoms with van der Waals surface area (Å²) in [4.78, 5) is 19.7. The molecule has 4 aromatic rings. The summed E-state index contributed by atoms with van der Waals surface area (Å²) < 4.78 is 21.6. The summed E-state index contributed by atoms with van der Waals surface area (Å²) in [6.45, 7) is 4.15. The van der Waals surface area contributed by atoms with Crippen LogP contribution < -0.4 is 10.1 Å². The van der Waals surface area contributed by atoms with Gasteiger partial charge in [0.15, 0.2) is 0 Å². The molecular weight excluding hydrogens is 457 g/mol. The lowest BCUT2D eigenvalue weighted by molar-refractivity contribution is -0.106. The van der Waals surface area contributed by atoms with E-state index in [1.807, 2.05) is 35.3 Å². The Labute approximate surface area is 202 Å². The molecule has 2 aromatic heterocycles. The third-order valence-corrected chi connectivity index (χ3v) is 5.70. The van der Waals surface area contributed by atoms with Crippen LogP contribution in [-0.2, 0) is 17.9 Å². The first kappa shape index (κ1) is 23.7. The van der Waals surface area contributed by atoms with Gasteiger partial charge >= 0.3 is 0 Å². The van der Waals surface area contributed by atoms with Gasteiger partial charge in [-0.3, -0.25) is 4.90 Å². The lowest BCUT2D eigenvalue weighted by Crippen LogP contribution is -2.25. The second-order valence-corrected chi connectivity index (χ2v) is 8.17. The molecule has 0 radical (unpaired) electrons. The third kappa shape index (κ3) is 5.18. The van der Waals surface area contributed by atoms with E-state index in [2.05, 4.69) is 26.3 Å². The molecule has 0 unspecified atom stereocenters. The summed E-state index contributed by atoms with van der Waals surface area (Å²) in [7, 11) is 1.80. The number of benzene rings is 2. The monoisotopic (exact) mass is 481 g/mol. The third-order valence-electron chi connectivity index (χ3n) is 5.42. The zero-order valence-electron chi connectivity index (χ0n) is 19.0. The van der Waals surface area contributed by atoms with Crippen LogP contribution in [-0.4, -0.2) is 45.9 Å². The zero-order chi connectivity index (χ0) is 24.1. The average molecular weight is 482 g/mol. The predicted molar refractivity (Wildman–Crippen MR) is 131 cm³/mol. The van der Waals surface area contributed by atoms with E-state index in [0.717, 1.165) is 46.3 Å². The molecule has 0 spiro atoms. The van der Waals surface area contributed by atoms with Gasteiger partial charge < -0.3 is 19.4 Å². The van der Waals surface area contributed by atoms with E-state index in [-0.39, 0.29) is 5.82 Å². The van der Waals surface area contributed by atoms with E-state index in [1.54, 1.807) is 13.1 Å². The number of rotatable bonds is 4. The fourth-order valence-corrected chi connectivity index (χ4v) is 4.23. The van der Waals surface area contributed by atoms with Crippen molar-refractivity contribution in [3.05, 3.63) is 77.0 Å². The molecule has 34 heavy (non-hydrogen) atoms. The smallest absolute Gasteiger partial charge is 0.222 e. The van der Waals surface area contributed by atoms with Crippen molar-refractivity contribution in [2.24, 2.45) is 0 Å². The number of fused-ring (bicyclic) bond motifs is 2. The Hall–Kier alpha value is -3.49. The fourth-order valence-electron chi connectivity index (χ4n) is 3.95. The van der Waals surface area contributed by atoms with Crippen LogP contribution in [0.1, 0.15) is 18.1 Å². The minimum absolute atomic E-state index is 0.249. The zero-order valence-corrected chi connectivity index (χ0v) is 19.7. The first-order valence-electron chi connectivity index (χ1n) is 10.9. The summed E-state index contributed by atoms with van der Waals surface area (Å²) in [5.74, 6) is 1.07. The van der Waals surface area contributed by atoms with E-state index < -0.39 is 0 Å². The molecule has 1 aliphatic heterocycles. The lowest BCUT2D eigenvalue weighted by atomic mass is 10.1. The van der Waals surface area contributed by atoms with Crippen molar-refractivity contribution in [2.75, 3.05) is 25.5 Å². The molecular formula is C25H25ClFN5O2. The van der Waals surface area contributed by atoms with Gasteiger partial charge in [0.2, 0.25) is 5.95 Å². The van der Waals surface area contributed by atoms with Crippen LogP contribution in [0.25, 0.3) is 16.6 Å². The second-order valence-electron chi connectivity index (χ2n) is 7.76. The maximum Gasteiger partial charge on any atom is 0.222 e. The molecule has 9 heteroatoms. The molecule has 0 fully saturated rings. The molecule has 0 amide bonds. The van der Waals surface area contributed by atoms with Crippen molar-refractivity contribution in [3.63, 3.8) is 0 Å². The number of aromatic nitrogens is 3. The molecule has 3 heterocycles. The van der Waals surface area contributed by atoms with Gasteiger partial charge in [0.05, 0.1) is 10.5 Å². The van der Waals surface area contributed by atoms with Gasteiger partial charge in [-0.2, -0.15) is 0 Å². The molecule has 2 aromatic carbocycles. The van der Waals surface area contributed by atoms with E-state index in [0.29, 0.717) is 30.7 Å². The van der Waals surface area contributed by atoms with Crippen molar-refractivity contribution in [1.29, 1.82) is 0 Å². The first-order valence-corrected chi connectivity index (χ1v) is 11.2. The Bertz CT molecular complexity index is 1290. The maximum absolute atomic E-state index is 13.6. The van der Waals surface area contributed by atoms with E-state index >= 15 is 0 Å². The highest BCUT2D eigenvalue weighted by Gasteiger charge is 2.20. The lowest BCUT2D eigenvalue weighted by Gasteiger charge is -2.19. The summed E-state index contributed by atoms with van der Waals surface area (Å²) in [6, 6.07) is 10.7. The minimum Gasteiger partial charge on any atom is -0.490 e. The molecule has 0 bridgehead atoms. The number of halogens is 2. The largest absolute Gasteiger partial charge is 0.490 e. The van der Waals surface area contributed by atoms with Crippen LogP contribution in [0.2, 0.25) is 5.02 Å². The standard InChI is InChI=1S/C23H21ClFN5O.C2H4O/c1-26-23-27-11-15(12-28-23)13-29-6-7-31-22-17(14-29)9-19(10-20(22)24)30-5-4-16-8-18(25)2-3-21(16)30;1-2-3/h2-5,8-12H,6-7,13-14H2,1H3,(H,26,27,28);2H,1H3. The van der Waals surface area contributed by atoms with E-state index in [1.165, 1.54) is 19.1 Å². The molecule has 0 aliphatic carbocycles. The summed E-state index contributed by atoms with van der Waals surface area (Å²) >= 11 is 6.61. The molecule has 0 saturated heterocycles. The molecule has 1 N–H and O–H groups in total. The molecule has 0 atom stereocenters. The van der Waals surface area contributed by atoms with Crippen molar-refractivity contribution in [1.82, 2.24) is 19.4 Å². The Balaban J connectivity index is 0.000000868. The predicted octanol–water partition coefficient (Wildman–Crippen LogP) is 4.85. The van der Waals surface area contributed by atoms with Crippen LogP contribution in [0.5, 0.6) is 5.75 Å². The van der Waals surface area contributed by atoms with Gasteiger partial charge in [-0.05, 0) is 43.3 Å². The van der Waals surface area contributed by atoms with Crippen LogP contribution in [0, 0.1) is 5.82 Å². The van der Waals surface area contributed by atoms with Gasteiger partial charge in [-0.1, -0.05) is 11.6 Å². The van der Waals surface area contributed by atoms with Crippen LogP contribution in [0.4, 0.5) is 10.3 Å². The van der Waals surface area contributed by atoms with Gasteiger partial charge in [-0.25, -0.2) is 14.4 Å². The highest BCUT2D eigenvalue weighted by atomic mass is 35.5. The second kappa shape index (κ2) is 10.6. The minimum atomic E-state index is -0.249. The number of hydrogen-bond acceptors (Lipinski definition) is 6. The van der Waals surface area contributed by atoms with Crippen molar-refractivity contribution >= 4 is 34.7 Å². The fraction of sp³-hybridized carbons (Fsp3) is 0.240. The van der Waals surface area contributed by atoms with Crippen molar-refractivity contribution in [3.8, 4) is 11.4 Å².